The van der Waals surface area contributed by atoms with E-state index in [0.29, 0.717) is 12.0 Å². The van der Waals surface area contributed by atoms with Gasteiger partial charge in [-0.15, -0.1) is 0 Å². The molecule has 1 aliphatic rings. The lowest BCUT2D eigenvalue weighted by Crippen LogP contribution is -2.22. The summed E-state index contributed by atoms with van der Waals surface area (Å²) < 4.78 is 6.78. The zero-order valence-electron chi connectivity index (χ0n) is 12.6. The third kappa shape index (κ3) is 3.22. The van der Waals surface area contributed by atoms with E-state index in [1.807, 2.05) is 0 Å². The zero-order valence-corrected chi connectivity index (χ0v) is 14.1. The highest BCUT2D eigenvalue weighted by atomic mass is 79.9. The van der Waals surface area contributed by atoms with Gasteiger partial charge in [0.05, 0.1) is 11.7 Å². The molecule has 1 aliphatic heterocycles. The van der Waals surface area contributed by atoms with Gasteiger partial charge in [-0.3, -0.25) is 4.90 Å². The van der Waals surface area contributed by atoms with Crippen molar-refractivity contribution in [2.24, 2.45) is 0 Å². The molecule has 0 aliphatic carbocycles. The number of rotatable bonds is 4. The molecule has 0 amide bonds. The van der Waals surface area contributed by atoms with Gasteiger partial charge in [0.1, 0.15) is 0 Å². The van der Waals surface area contributed by atoms with E-state index >= 15 is 0 Å². The fraction of sp³-hybridized carbons (Fsp3) is 0.471. The number of benzene rings is 1. The average molecular weight is 349 g/mol. The first-order valence-electron chi connectivity index (χ1n) is 7.59. The van der Waals surface area contributed by atoms with Gasteiger partial charge in [-0.2, -0.15) is 0 Å². The molecule has 1 aromatic heterocycles. The van der Waals surface area contributed by atoms with Crippen LogP contribution in [-0.4, -0.2) is 16.6 Å². The lowest BCUT2D eigenvalue weighted by molar-refractivity contribution is 0.206. The quantitative estimate of drug-likeness (QED) is 0.786. The van der Waals surface area contributed by atoms with Crippen LogP contribution in [0.15, 0.2) is 39.3 Å². The maximum absolute atomic E-state index is 5.60. The normalized spacial score (nSPS) is 19.5. The van der Waals surface area contributed by atoms with Crippen molar-refractivity contribution >= 4 is 15.9 Å². The fourth-order valence-corrected chi connectivity index (χ4v) is 3.33. The molecule has 4 heteroatoms. The van der Waals surface area contributed by atoms with Gasteiger partial charge in [0.2, 0.25) is 0 Å². The van der Waals surface area contributed by atoms with E-state index in [-0.39, 0.29) is 0 Å². The molecule has 2 heterocycles. The van der Waals surface area contributed by atoms with Crippen molar-refractivity contribution in [2.75, 3.05) is 6.54 Å². The second-order valence-corrected chi connectivity index (χ2v) is 6.88. The molecule has 112 valence electrons. The third-order valence-corrected chi connectivity index (χ3v) is 4.94. The Morgan fingerprint density at radius 1 is 1.38 bits per heavy atom. The summed E-state index contributed by atoms with van der Waals surface area (Å²) in [5.74, 6) is 1.43. The Morgan fingerprint density at radius 2 is 2.19 bits per heavy atom. The highest BCUT2D eigenvalue weighted by Crippen LogP contribution is 2.35. The van der Waals surface area contributed by atoms with Crippen LogP contribution in [0.4, 0.5) is 0 Å². The lowest BCUT2D eigenvalue weighted by Gasteiger charge is -2.22. The fourth-order valence-electron chi connectivity index (χ4n) is 2.92. The third-order valence-electron chi connectivity index (χ3n) is 4.16. The van der Waals surface area contributed by atoms with Crippen LogP contribution in [0.25, 0.3) is 0 Å². The highest BCUT2D eigenvalue weighted by Gasteiger charge is 2.29. The number of nitrogens with zero attached hydrogens (tertiary/aromatic N) is 2. The molecule has 21 heavy (non-hydrogen) atoms. The van der Waals surface area contributed by atoms with Gasteiger partial charge < -0.3 is 4.52 Å². The van der Waals surface area contributed by atoms with Crippen molar-refractivity contribution in [3.63, 3.8) is 0 Å². The minimum absolute atomic E-state index is 0.358. The number of hydrogen-bond donors (Lipinski definition) is 0. The summed E-state index contributed by atoms with van der Waals surface area (Å²) in [6.45, 7) is 6.36. The molecular formula is C17H21BrN2O. The lowest BCUT2D eigenvalue weighted by atomic mass is 10.1. The van der Waals surface area contributed by atoms with Gasteiger partial charge >= 0.3 is 0 Å². The number of aromatic nitrogens is 1. The number of hydrogen-bond acceptors (Lipinski definition) is 3. The van der Waals surface area contributed by atoms with Crippen LogP contribution >= 0.6 is 15.9 Å². The van der Waals surface area contributed by atoms with E-state index in [2.05, 4.69) is 70.2 Å². The maximum Gasteiger partial charge on any atom is 0.154 e. The molecule has 3 rings (SSSR count). The van der Waals surface area contributed by atoms with E-state index in [1.165, 1.54) is 16.5 Å². The summed E-state index contributed by atoms with van der Waals surface area (Å²) in [4.78, 5) is 2.49. The molecule has 0 radical (unpaired) electrons. The Balaban J connectivity index is 1.77. The van der Waals surface area contributed by atoms with Crippen LogP contribution in [0.1, 0.15) is 55.7 Å². The molecule has 0 saturated carbocycles. The Kier molecular flexibility index (Phi) is 4.45. The summed E-state index contributed by atoms with van der Waals surface area (Å²) in [6.07, 6.45) is 2.37. The molecule has 0 unspecified atom stereocenters. The summed E-state index contributed by atoms with van der Waals surface area (Å²) in [6, 6.07) is 10.9. The van der Waals surface area contributed by atoms with Crippen molar-refractivity contribution in [1.29, 1.82) is 0 Å². The molecule has 1 atom stereocenters. The predicted molar refractivity (Wildman–Crippen MR) is 87.1 cm³/mol. The van der Waals surface area contributed by atoms with Crippen LogP contribution in [0.2, 0.25) is 0 Å². The Labute approximate surface area is 134 Å². The smallest absolute Gasteiger partial charge is 0.154 e. The number of likely N-dealkylation sites (tertiary alicyclic amines) is 1. The number of halogens is 1. The molecule has 0 N–H and O–H groups in total. The molecule has 2 aromatic rings. The first-order chi connectivity index (χ1) is 10.1. The maximum atomic E-state index is 5.60. The second kappa shape index (κ2) is 6.32. The largest absolute Gasteiger partial charge is 0.359 e. The summed E-state index contributed by atoms with van der Waals surface area (Å²) >= 11 is 3.64. The summed E-state index contributed by atoms with van der Waals surface area (Å²) in [5.41, 5.74) is 2.38. The Hall–Kier alpha value is -1.13. The van der Waals surface area contributed by atoms with Crippen LogP contribution in [0.5, 0.6) is 0 Å². The molecule has 3 nitrogen and oxygen atoms in total. The van der Waals surface area contributed by atoms with E-state index in [4.69, 9.17) is 4.52 Å². The molecule has 0 bridgehead atoms. The topological polar surface area (TPSA) is 29.3 Å². The monoisotopic (exact) mass is 348 g/mol. The van der Waals surface area contributed by atoms with Gasteiger partial charge in [0, 0.05) is 17.1 Å². The molecule has 0 spiro atoms. The molecule has 1 aromatic carbocycles. The summed E-state index contributed by atoms with van der Waals surface area (Å²) in [7, 11) is 0. The van der Waals surface area contributed by atoms with Gasteiger partial charge in [0.15, 0.2) is 5.76 Å². The van der Waals surface area contributed by atoms with Gasteiger partial charge in [-0.05, 0) is 36.9 Å². The van der Waals surface area contributed by atoms with Crippen molar-refractivity contribution < 1.29 is 4.52 Å². The SMILES string of the molecule is CC(C)c1cc([C@@H]2CCCN2Cc2ccccc2Br)on1. The van der Waals surface area contributed by atoms with Crippen molar-refractivity contribution in [3.8, 4) is 0 Å². The van der Waals surface area contributed by atoms with Gasteiger partial charge in [0.25, 0.3) is 0 Å². The Morgan fingerprint density at radius 3 is 2.90 bits per heavy atom. The van der Waals surface area contributed by atoms with Gasteiger partial charge in [-0.25, -0.2) is 0 Å². The van der Waals surface area contributed by atoms with E-state index in [9.17, 15) is 0 Å². The van der Waals surface area contributed by atoms with Crippen molar-refractivity contribution in [1.82, 2.24) is 10.1 Å². The summed E-state index contributed by atoms with van der Waals surface area (Å²) in [5, 5.41) is 4.21. The minimum atomic E-state index is 0.358. The first-order valence-corrected chi connectivity index (χ1v) is 8.38. The standard InChI is InChI=1S/C17H21BrN2O/c1-12(2)15-10-17(21-19-15)16-8-5-9-20(16)11-13-6-3-4-7-14(13)18/h3-4,6-7,10,12,16H,5,8-9,11H2,1-2H3/t16-/m0/s1. The Bertz CT molecular complexity index is 608. The molecular weight excluding hydrogens is 328 g/mol. The minimum Gasteiger partial charge on any atom is -0.359 e. The van der Waals surface area contributed by atoms with Crippen LogP contribution in [0.3, 0.4) is 0 Å². The zero-order chi connectivity index (χ0) is 14.8. The van der Waals surface area contributed by atoms with E-state index < -0.39 is 0 Å². The van der Waals surface area contributed by atoms with E-state index in [0.717, 1.165) is 31.0 Å². The van der Waals surface area contributed by atoms with Crippen LogP contribution in [-0.2, 0) is 6.54 Å². The molecule has 1 saturated heterocycles. The average Bonchev–Trinajstić information content (AvgIpc) is 3.09. The highest BCUT2D eigenvalue weighted by molar-refractivity contribution is 9.10. The van der Waals surface area contributed by atoms with Gasteiger partial charge in [-0.1, -0.05) is 53.1 Å². The van der Waals surface area contributed by atoms with Crippen molar-refractivity contribution in [2.45, 2.75) is 45.2 Å². The molecule has 1 fully saturated rings. The van der Waals surface area contributed by atoms with Crippen LogP contribution < -0.4 is 0 Å². The predicted octanol–water partition coefficient (Wildman–Crippen LogP) is 4.90. The van der Waals surface area contributed by atoms with Crippen molar-refractivity contribution in [3.05, 3.63) is 51.8 Å². The first kappa shape index (κ1) is 14.8. The van der Waals surface area contributed by atoms with Crippen LogP contribution in [0, 0.1) is 0 Å². The van der Waals surface area contributed by atoms with E-state index in [1.54, 1.807) is 0 Å². The second-order valence-electron chi connectivity index (χ2n) is 6.03.